The number of carbonyl (C=O) groups excluding carboxylic acids is 1. The molecule has 0 unspecified atom stereocenters. The normalized spacial score (nSPS) is 13.2. The third kappa shape index (κ3) is 4.45. The van der Waals surface area contributed by atoms with Gasteiger partial charge < -0.3 is 14.8 Å². The van der Waals surface area contributed by atoms with Crippen molar-refractivity contribution >= 4 is 17.4 Å². The van der Waals surface area contributed by atoms with E-state index in [-0.39, 0.29) is 17.8 Å². The van der Waals surface area contributed by atoms with E-state index in [1.807, 2.05) is 0 Å². The van der Waals surface area contributed by atoms with Gasteiger partial charge in [0.2, 0.25) is 0 Å². The van der Waals surface area contributed by atoms with Crippen LogP contribution >= 0.6 is 11.5 Å². The quantitative estimate of drug-likeness (QED) is 0.651. The van der Waals surface area contributed by atoms with Crippen molar-refractivity contribution in [1.82, 2.24) is 14.7 Å². The first-order valence-electron chi connectivity index (χ1n) is 8.84. The zero-order valence-electron chi connectivity index (χ0n) is 15.1. The number of nitrogens with one attached hydrogen (secondary N) is 1. The summed E-state index contributed by atoms with van der Waals surface area (Å²) in [5.41, 5.74) is 1.43. The second-order valence-corrected chi connectivity index (χ2v) is 7.21. The Bertz CT molecular complexity index is 987. The highest BCUT2D eigenvalue weighted by Gasteiger charge is 2.24. The van der Waals surface area contributed by atoms with Gasteiger partial charge in [0.05, 0.1) is 7.11 Å². The van der Waals surface area contributed by atoms with Crippen molar-refractivity contribution in [2.75, 3.05) is 7.11 Å². The molecule has 28 heavy (non-hydrogen) atoms. The largest absolute Gasteiger partial charge is 0.493 e. The van der Waals surface area contributed by atoms with Crippen molar-refractivity contribution in [2.24, 2.45) is 0 Å². The highest BCUT2D eigenvalue weighted by atomic mass is 32.1. The molecule has 4 rings (SSSR count). The van der Waals surface area contributed by atoms with E-state index < -0.39 is 0 Å². The number of ether oxygens (including phenoxy) is 2. The van der Waals surface area contributed by atoms with Gasteiger partial charge in [0, 0.05) is 29.6 Å². The number of aromatic nitrogens is 2. The van der Waals surface area contributed by atoms with Gasteiger partial charge in [-0.3, -0.25) is 4.79 Å². The van der Waals surface area contributed by atoms with Crippen LogP contribution in [0.1, 0.15) is 34.6 Å². The van der Waals surface area contributed by atoms with Crippen LogP contribution in [0.4, 0.5) is 4.39 Å². The maximum absolute atomic E-state index is 13.0. The first-order valence-corrected chi connectivity index (χ1v) is 9.62. The molecular formula is C20H18FN3O3S. The lowest BCUT2D eigenvalue weighted by Gasteiger charge is -2.10. The summed E-state index contributed by atoms with van der Waals surface area (Å²) in [5.74, 6) is 1.09. The lowest BCUT2D eigenvalue weighted by atomic mass is 10.1. The Balaban J connectivity index is 1.45. The summed E-state index contributed by atoms with van der Waals surface area (Å²) in [6.45, 7) is 0. The van der Waals surface area contributed by atoms with Crippen LogP contribution in [0.5, 0.6) is 16.7 Å². The monoisotopic (exact) mass is 399 g/mol. The molecule has 0 atom stereocenters. The molecule has 8 heteroatoms. The average molecular weight is 399 g/mol. The third-order valence-corrected chi connectivity index (χ3v) is 4.89. The van der Waals surface area contributed by atoms with E-state index in [0.29, 0.717) is 34.5 Å². The summed E-state index contributed by atoms with van der Waals surface area (Å²) in [5, 5.41) is 3.31. The zero-order chi connectivity index (χ0) is 19.5. The predicted molar refractivity (Wildman–Crippen MR) is 103 cm³/mol. The highest BCUT2D eigenvalue weighted by Crippen LogP contribution is 2.33. The van der Waals surface area contributed by atoms with Crippen molar-refractivity contribution in [3.8, 4) is 16.7 Å². The molecule has 1 aromatic heterocycles. The smallest absolute Gasteiger partial charge is 0.298 e. The Hall–Kier alpha value is -3.00. The maximum Gasteiger partial charge on any atom is 0.298 e. The number of halogens is 1. The van der Waals surface area contributed by atoms with Crippen molar-refractivity contribution in [3.05, 3.63) is 65.2 Å². The number of carbonyl (C=O) groups is 1. The Morgan fingerprint density at radius 3 is 2.71 bits per heavy atom. The summed E-state index contributed by atoms with van der Waals surface area (Å²) in [4.78, 5) is 16.5. The number of amides is 1. The van der Waals surface area contributed by atoms with E-state index in [9.17, 15) is 9.18 Å². The molecule has 0 saturated heterocycles. The second kappa shape index (κ2) is 7.93. The fourth-order valence-corrected chi connectivity index (χ4v) is 3.18. The summed E-state index contributed by atoms with van der Waals surface area (Å²) in [6, 6.07) is 11.5. The van der Waals surface area contributed by atoms with E-state index in [1.54, 1.807) is 30.3 Å². The predicted octanol–water partition coefficient (Wildman–Crippen LogP) is 3.96. The fourth-order valence-electron chi connectivity index (χ4n) is 2.62. The molecule has 3 aromatic rings. The summed E-state index contributed by atoms with van der Waals surface area (Å²) in [6.07, 6.45) is 2.54. The van der Waals surface area contributed by atoms with Crippen LogP contribution in [0.25, 0.3) is 0 Å². The van der Waals surface area contributed by atoms with Crippen LogP contribution < -0.4 is 14.8 Å². The standard InChI is InChI=1S/C20H18FN3O3S/c1-26-17-11-13(19(25)22-15-7-8-15)4-9-16(17)27-20-23-18(24-28-20)10-12-2-5-14(21)6-3-12/h2-6,9,11,15H,7-8,10H2,1H3,(H,22,25). The molecule has 0 aliphatic heterocycles. The average Bonchev–Trinajstić information content (AvgIpc) is 3.41. The van der Waals surface area contributed by atoms with Gasteiger partial charge in [0.1, 0.15) is 5.82 Å². The second-order valence-electron chi connectivity index (χ2n) is 6.50. The van der Waals surface area contributed by atoms with Crippen LogP contribution in [0.15, 0.2) is 42.5 Å². The van der Waals surface area contributed by atoms with Crippen molar-refractivity contribution in [1.29, 1.82) is 0 Å². The van der Waals surface area contributed by atoms with Crippen LogP contribution in [-0.2, 0) is 6.42 Å². The first-order chi connectivity index (χ1) is 13.6. The summed E-state index contributed by atoms with van der Waals surface area (Å²) in [7, 11) is 1.52. The SMILES string of the molecule is COc1cc(C(=O)NC2CC2)ccc1Oc1nc(Cc2ccc(F)cc2)ns1. The van der Waals surface area contributed by atoms with E-state index in [1.165, 1.54) is 19.2 Å². The van der Waals surface area contributed by atoms with E-state index in [2.05, 4.69) is 14.7 Å². The number of rotatable bonds is 7. The molecule has 0 radical (unpaired) electrons. The maximum atomic E-state index is 13.0. The molecule has 6 nitrogen and oxygen atoms in total. The minimum Gasteiger partial charge on any atom is -0.493 e. The number of nitrogens with zero attached hydrogens (tertiary/aromatic N) is 2. The summed E-state index contributed by atoms with van der Waals surface area (Å²) < 4.78 is 28.4. The number of methoxy groups -OCH3 is 1. The Labute approximate surface area is 165 Å². The molecule has 144 valence electrons. The Morgan fingerprint density at radius 1 is 1.21 bits per heavy atom. The van der Waals surface area contributed by atoms with Gasteiger partial charge >= 0.3 is 0 Å². The molecule has 1 saturated carbocycles. The Kier molecular flexibility index (Phi) is 5.21. The van der Waals surface area contributed by atoms with E-state index in [4.69, 9.17) is 9.47 Å². The van der Waals surface area contributed by atoms with Crippen molar-refractivity contribution in [2.45, 2.75) is 25.3 Å². The van der Waals surface area contributed by atoms with Gasteiger partial charge in [-0.05, 0) is 48.7 Å². The van der Waals surface area contributed by atoms with Crippen LogP contribution in [0.3, 0.4) is 0 Å². The molecular weight excluding hydrogens is 381 g/mol. The van der Waals surface area contributed by atoms with Crippen molar-refractivity contribution < 1.29 is 18.7 Å². The topological polar surface area (TPSA) is 73.3 Å². The van der Waals surface area contributed by atoms with Gasteiger partial charge in [0.25, 0.3) is 11.1 Å². The first kappa shape index (κ1) is 18.4. The number of benzene rings is 2. The highest BCUT2D eigenvalue weighted by molar-refractivity contribution is 7.07. The van der Waals surface area contributed by atoms with E-state index >= 15 is 0 Å². The van der Waals surface area contributed by atoms with Gasteiger partial charge in [0.15, 0.2) is 17.3 Å². The van der Waals surface area contributed by atoms with Crippen LogP contribution in [0, 0.1) is 5.82 Å². The molecule has 0 bridgehead atoms. The minimum atomic E-state index is -0.277. The molecule has 0 spiro atoms. The molecule has 1 fully saturated rings. The number of hydrogen-bond acceptors (Lipinski definition) is 6. The third-order valence-electron chi connectivity index (χ3n) is 4.26. The lowest BCUT2D eigenvalue weighted by Crippen LogP contribution is -2.25. The molecule has 1 aliphatic carbocycles. The number of hydrogen-bond donors (Lipinski definition) is 1. The lowest BCUT2D eigenvalue weighted by molar-refractivity contribution is 0.0950. The van der Waals surface area contributed by atoms with E-state index in [0.717, 1.165) is 29.9 Å². The van der Waals surface area contributed by atoms with Crippen molar-refractivity contribution in [3.63, 3.8) is 0 Å². The fraction of sp³-hybridized carbons (Fsp3) is 0.250. The minimum absolute atomic E-state index is 0.121. The molecule has 1 N–H and O–H groups in total. The van der Waals surface area contributed by atoms with Gasteiger partial charge in [-0.2, -0.15) is 9.36 Å². The molecule has 1 aliphatic rings. The molecule has 1 amide bonds. The summed E-state index contributed by atoms with van der Waals surface area (Å²) >= 11 is 1.12. The zero-order valence-corrected chi connectivity index (χ0v) is 16.0. The van der Waals surface area contributed by atoms with Gasteiger partial charge in [-0.25, -0.2) is 4.39 Å². The van der Waals surface area contributed by atoms with Gasteiger partial charge in [-0.15, -0.1) is 0 Å². The van der Waals surface area contributed by atoms with Crippen LogP contribution in [-0.4, -0.2) is 28.4 Å². The molecule has 2 aromatic carbocycles. The van der Waals surface area contributed by atoms with Crippen LogP contribution in [0.2, 0.25) is 0 Å². The Morgan fingerprint density at radius 2 is 2.00 bits per heavy atom. The van der Waals surface area contributed by atoms with Gasteiger partial charge in [-0.1, -0.05) is 12.1 Å². The molecule has 1 heterocycles.